The fourth-order valence-electron chi connectivity index (χ4n) is 2.30. The molecule has 0 fully saturated rings. The number of rotatable bonds is 4. The maximum absolute atomic E-state index is 11.4. The normalized spacial score (nSPS) is 12.9. The molecule has 0 unspecified atom stereocenters. The highest BCUT2D eigenvalue weighted by atomic mass is 16.1. The molecule has 3 heteroatoms. The topological polar surface area (TPSA) is 44.1 Å². The van der Waals surface area contributed by atoms with Gasteiger partial charge in [0.05, 0.1) is 19.0 Å². The molecule has 2 rings (SSSR count). The molecule has 0 amide bonds. The van der Waals surface area contributed by atoms with E-state index in [2.05, 4.69) is 18.2 Å². The Kier molecular flexibility index (Phi) is 3.43. The van der Waals surface area contributed by atoms with Crippen molar-refractivity contribution in [3.63, 3.8) is 0 Å². The fraction of sp³-hybridized carbons (Fsp3) is 0.429. The Labute approximate surface area is 102 Å². The molecular weight excluding hydrogens is 212 g/mol. The van der Waals surface area contributed by atoms with Crippen LogP contribution in [0.15, 0.2) is 18.2 Å². The summed E-state index contributed by atoms with van der Waals surface area (Å²) < 4.78 is 0. The van der Waals surface area contributed by atoms with E-state index in [1.165, 1.54) is 24.0 Å². The number of aryl methyl sites for hydroxylation is 2. The number of ketones is 1. The number of anilines is 1. The molecule has 17 heavy (non-hydrogen) atoms. The van der Waals surface area contributed by atoms with Crippen molar-refractivity contribution in [3.05, 3.63) is 29.3 Å². The van der Waals surface area contributed by atoms with E-state index >= 15 is 0 Å². The van der Waals surface area contributed by atoms with Gasteiger partial charge in [-0.3, -0.25) is 4.79 Å². The first-order chi connectivity index (χ1) is 8.20. The minimum Gasteiger partial charge on any atom is -0.367 e. The van der Waals surface area contributed by atoms with Crippen molar-refractivity contribution in [1.82, 2.24) is 0 Å². The minimum absolute atomic E-state index is 0.00468. The van der Waals surface area contributed by atoms with Crippen LogP contribution in [0.5, 0.6) is 0 Å². The van der Waals surface area contributed by atoms with Gasteiger partial charge in [0.2, 0.25) is 0 Å². The number of hydrogen-bond acceptors (Lipinski definition) is 3. The van der Waals surface area contributed by atoms with E-state index in [-0.39, 0.29) is 12.2 Å². The lowest BCUT2D eigenvalue weighted by Crippen LogP contribution is -2.25. The largest absolute Gasteiger partial charge is 0.367 e. The quantitative estimate of drug-likeness (QED) is 0.792. The Balaban J connectivity index is 2.07. The fourth-order valence-corrected chi connectivity index (χ4v) is 2.30. The number of nitriles is 1. The summed E-state index contributed by atoms with van der Waals surface area (Å²) in [4.78, 5) is 13.3. The van der Waals surface area contributed by atoms with Gasteiger partial charge in [-0.15, -0.1) is 0 Å². The number of likely N-dealkylation sites (N-methyl/N-ethyl adjacent to an activating group) is 1. The van der Waals surface area contributed by atoms with Crippen LogP contribution in [0.1, 0.15) is 24.0 Å². The lowest BCUT2D eigenvalue weighted by Gasteiger charge is -2.18. The first-order valence-electron chi connectivity index (χ1n) is 5.92. The van der Waals surface area contributed by atoms with E-state index in [1.54, 1.807) is 0 Å². The zero-order valence-electron chi connectivity index (χ0n) is 10.1. The summed E-state index contributed by atoms with van der Waals surface area (Å²) in [5, 5.41) is 8.46. The van der Waals surface area contributed by atoms with Crippen LogP contribution in [0.4, 0.5) is 5.69 Å². The number of benzene rings is 1. The third-order valence-electron chi connectivity index (χ3n) is 3.21. The van der Waals surface area contributed by atoms with Gasteiger partial charge in [-0.25, -0.2) is 0 Å². The summed E-state index contributed by atoms with van der Waals surface area (Å²) in [5.41, 5.74) is 3.91. The summed E-state index contributed by atoms with van der Waals surface area (Å²) in [5.74, 6) is -0.0319. The second kappa shape index (κ2) is 5.01. The van der Waals surface area contributed by atoms with Crippen molar-refractivity contribution in [3.8, 4) is 6.07 Å². The lowest BCUT2D eigenvalue weighted by atomic mass is 10.1. The first kappa shape index (κ1) is 11.7. The van der Waals surface area contributed by atoms with Crippen LogP contribution in [-0.2, 0) is 17.6 Å². The average molecular weight is 228 g/mol. The van der Waals surface area contributed by atoms with Crippen molar-refractivity contribution >= 4 is 11.5 Å². The number of hydrogen-bond donors (Lipinski definition) is 0. The van der Waals surface area contributed by atoms with Crippen LogP contribution in [0, 0.1) is 11.3 Å². The third-order valence-corrected chi connectivity index (χ3v) is 3.21. The third kappa shape index (κ3) is 2.65. The van der Waals surface area contributed by atoms with Gasteiger partial charge in [0.15, 0.2) is 5.78 Å². The molecule has 0 N–H and O–H groups in total. The zero-order chi connectivity index (χ0) is 12.3. The molecule has 0 heterocycles. The van der Waals surface area contributed by atoms with E-state index in [1.807, 2.05) is 18.0 Å². The molecule has 1 aliphatic rings. The number of fused-ring (bicyclic) bond motifs is 1. The second-order valence-electron chi connectivity index (χ2n) is 4.54. The van der Waals surface area contributed by atoms with Gasteiger partial charge < -0.3 is 4.90 Å². The highest BCUT2D eigenvalue weighted by Gasteiger charge is 2.13. The van der Waals surface area contributed by atoms with Gasteiger partial charge in [-0.1, -0.05) is 6.07 Å². The zero-order valence-corrected chi connectivity index (χ0v) is 10.1. The monoisotopic (exact) mass is 228 g/mol. The standard InChI is InChI=1S/C14H16N2O/c1-16(10-14(17)7-8-15)13-6-5-11-3-2-4-12(11)9-13/h5-6,9H,2-4,7,10H2,1H3. The van der Waals surface area contributed by atoms with Gasteiger partial charge in [-0.2, -0.15) is 5.26 Å². The molecule has 0 saturated heterocycles. The summed E-state index contributed by atoms with van der Waals surface area (Å²) in [6.07, 6.45) is 3.54. The first-order valence-corrected chi connectivity index (χ1v) is 5.92. The summed E-state index contributed by atoms with van der Waals surface area (Å²) in [6, 6.07) is 8.27. The van der Waals surface area contributed by atoms with Gasteiger partial charge in [0, 0.05) is 12.7 Å². The number of carbonyl (C=O) groups excluding carboxylic acids is 1. The Bertz CT molecular complexity index is 474. The van der Waals surface area contributed by atoms with E-state index in [0.717, 1.165) is 12.1 Å². The van der Waals surface area contributed by atoms with Crippen LogP contribution in [0.25, 0.3) is 0 Å². The second-order valence-corrected chi connectivity index (χ2v) is 4.54. The molecule has 0 saturated carbocycles. The molecule has 0 atom stereocenters. The van der Waals surface area contributed by atoms with Crippen molar-refractivity contribution in [2.75, 3.05) is 18.5 Å². The Morgan fingerprint density at radius 1 is 1.41 bits per heavy atom. The number of Topliss-reactive ketones (excluding diaryl/α,β-unsaturated/α-hetero) is 1. The van der Waals surface area contributed by atoms with E-state index in [0.29, 0.717) is 6.54 Å². The summed E-state index contributed by atoms with van der Waals surface area (Å²) >= 11 is 0. The molecule has 1 aromatic carbocycles. The number of nitrogens with zero attached hydrogens (tertiary/aromatic N) is 2. The molecule has 3 nitrogen and oxygen atoms in total. The predicted octanol–water partition coefficient (Wildman–Crippen LogP) is 2.09. The highest BCUT2D eigenvalue weighted by Crippen LogP contribution is 2.26. The van der Waals surface area contributed by atoms with Crippen LogP contribution >= 0.6 is 0 Å². The van der Waals surface area contributed by atoms with Crippen molar-refractivity contribution < 1.29 is 4.79 Å². The maximum atomic E-state index is 11.4. The van der Waals surface area contributed by atoms with Crippen molar-refractivity contribution in [1.29, 1.82) is 5.26 Å². The maximum Gasteiger partial charge on any atom is 0.166 e. The highest BCUT2D eigenvalue weighted by molar-refractivity contribution is 5.85. The molecule has 0 spiro atoms. The smallest absolute Gasteiger partial charge is 0.166 e. The summed E-state index contributed by atoms with van der Waals surface area (Å²) in [7, 11) is 1.89. The molecular formula is C14H16N2O. The predicted molar refractivity (Wildman–Crippen MR) is 67.0 cm³/mol. The molecule has 0 bridgehead atoms. The Morgan fingerprint density at radius 2 is 2.18 bits per heavy atom. The van der Waals surface area contributed by atoms with Crippen LogP contribution < -0.4 is 4.90 Å². The van der Waals surface area contributed by atoms with E-state index in [9.17, 15) is 4.79 Å². The average Bonchev–Trinajstić information content (AvgIpc) is 2.75. The van der Waals surface area contributed by atoms with Crippen LogP contribution in [-0.4, -0.2) is 19.4 Å². The van der Waals surface area contributed by atoms with Gasteiger partial charge in [0.1, 0.15) is 0 Å². The van der Waals surface area contributed by atoms with Gasteiger partial charge in [-0.05, 0) is 42.5 Å². The summed E-state index contributed by atoms with van der Waals surface area (Å²) in [6.45, 7) is 0.312. The van der Waals surface area contributed by atoms with Crippen LogP contribution in [0.2, 0.25) is 0 Å². The number of carbonyl (C=O) groups is 1. The molecule has 0 aromatic heterocycles. The van der Waals surface area contributed by atoms with E-state index < -0.39 is 0 Å². The van der Waals surface area contributed by atoms with Crippen LogP contribution in [0.3, 0.4) is 0 Å². The van der Waals surface area contributed by atoms with Crippen molar-refractivity contribution in [2.45, 2.75) is 25.7 Å². The molecule has 0 radical (unpaired) electrons. The lowest BCUT2D eigenvalue weighted by molar-refractivity contribution is -0.116. The Morgan fingerprint density at radius 3 is 2.94 bits per heavy atom. The molecule has 0 aliphatic heterocycles. The SMILES string of the molecule is CN(CC(=O)CC#N)c1ccc2c(c1)CCC2. The Hall–Kier alpha value is -1.82. The van der Waals surface area contributed by atoms with E-state index in [4.69, 9.17) is 5.26 Å². The van der Waals surface area contributed by atoms with Crippen molar-refractivity contribution in [2.24, 2.45) is 0 Å². The molecule has 88 valence electrons. The minimum atomic E-state index is -0.0319. The van der Waals surface area contributed by atoms with Gasteiger partial charge >= 0.3 is 0 Å². The molecule has 1 aliphatic carbocycles. The molecule has 1 aromatic rings. The van der Waals surface area contributed by atoms with Gasteiger partial charge in [0.25, 0.3) is 0 Å².